The largest absolute Gasteiger partial charge is 0.481 e. The zero-order valence-corrected chi connectivity index (χ0v) is 23.2. The lowest BCUT2D eigenvalue weighted by atomic mass is 10.1. The molecule has 0 spiro atoms. The van der Waals surface area contributed by atoms with E-state index >= 15 is 0 Å². The standard InChI is InChI=1S/C25H24Cl2N6O5S/c1-32(2)21-10-3-7-16-15(21)6-4-11-23(16)39(37,38)29-20(13-25(35)36)22(34)14-33-24(28-30-31-33)12-17-18(26)8-5-9-19(17)27/h3-11,20,29H,12-14H2,1-2H3,(H,35,36). The Morgan fingerprint density at radius 2 is 1.67 bits per heavy atom. The van der Waals surface area contributed by atoms with E-state index < -0.39 is 40.8 Å². The number of nitrogens with zero attached hydrogens (tertiary/aromatic N) is 5. The zero-order valence-electron chi connectivity index (χ0n) is 20.9. The van der Waals surface area contributed by atoms with Crippen molar-refractivity contribution >= 4 is 61.4 Å². The summed E-state index contributed by atoms with van der Waals surface area (Å²) >= 11 is 12.5. The van der Waals surface area contributed by atoms with Gasteiger partial charge in [-0.25, -0.2) is 13.1 Å². The topological polar surface area (TPSA) is 147 Å². The first kappa shape index (κ1) is 28.4. The van der Waals surface area contributed by atoms with Crippen LogP contribution in [0.15, 0.2) is 59.5 Å². The number of aliphatic carboxylic acids is 1. The number of anilines is 1. The summed E-state index contributed by atoms with van der Waals surface area (Å²) in [7, 11) is -0.644. The van der Waals surface area contributed by atoms with Crippen LogP contribution in [0.25, 0.3) is 10.8 Å². The Hall–Kier alpha value is -3.58. The third-order valence-electron chi connectivity index (χ3n) is 6.00. The fourth-order valence-corrected chi connectivity index (χ4v) is 6.10. The molecule has 0 saturated carbocycles. The van der Waals surface area contributed by atoms with Gasteiger partial charge in [0.25, 0.3) is 0 Å². The van der Waals surface area contributed by atoms with Gasteiger partial charge in [-0.15, -0.1) is 5.10 Å². The number of nitrogens with one attached hydrogen (secondary N) is 1. The van der Waals surface area contributed by atoms with Gasteiger partial charge in [-0.05, 0) is 40.3 Å². The minimum Gasteiger partial charge on any atom is -0.481 e. The molecule has 2 N–H and O–H groups in total. The molecule has 11 nitrogen and oxygen atoms in total. The zero-order chi connectivity index (χ0) is 28.3. The number of ketones is 1. The van der Waals surface area contributed by atoms with Gasteiger partial charge in [0.1, 0.15) is 6.54 Å². The minimum atomic E-state index is -4.32. The number of aromatic nitrogens is 4. The first-order valence-corrected chi connectivity index (χ1v) is 13.9. The van der Waals surface area contributed by atoms with Crippen LogP contribution in [0.3, 0.4) is 0 Å². The fraction of sp³-hybridized carbons (Fsp3) is 0.240. The van der Waals surface area contributed by atoms with Crippen molar-refractivity contribution in [3.8, 4) is 0 Å². The second kappa shape index (κ2) is 11.7. The van der Waals surface area contributed by atoms with E-state index in [-0.39, 0.29) is 17.1 Å². The SMILES string of the molecule is CN(C)c1cccc2c(S(=O)(=O)NC(CC(=O)O)C(=O)Cn3nnnc3Cc3c(Cl)cccc3Cl)cccc12. The molecule has 0 amide bonds. The number of halogens is 2. The van der Waals surface area contributed by atoms with Crippen molar-refractivity contribution in [2.45, 2.75) is 30.3 Å². The molecule has 1 aromatic heterocycles. The van der Waals surface area contributed by atoms with Gasteiger partial charge < -0.3 is 10.0 Å². The number of hydrogen-bond donors (Lipinski definition) is 2. The number of hydrogen-bond acceptors (Lipinski definition) is 8. The maximum atomic E-state index is 13.5. The minimum absolute atomic E-state index is 0.0802. The van der Waals surface area contributed by atoms with Crippen molar-refractivity contribution in [3.05, 3.63) is 76.0 Å². The first-order chi connectivity index (χ1) is 18.5. The van der Waals surface area contributed by atoms with E-state index in [2.05, 4.69) is 20.2 Å². The van der Waals surface area contributed by atoms with E-state index in [0.29, 0.717) is 26.4 Å². The summed E-state index contributed by atoms with van der Waals surface area (Å²) in [4.78, 5) is 26.6. The monoisotopic (exact) mass is 590 g/mol. The molecule has 0 aliphatic heterocycles. The smallest absolute Gasteiger partial charge is 0.305 e. The average molecular weight is 591 g/mol. The lowest BCUT2D eigenvalue weighted by molar-refractivity contribution is -0.139. The predicted molar refractivity (Wildman–Crippen MR) is 147 cm³/mol. The molecule has 4 aromatic rings. The molecule has 1 heterocycles. The molecule has 3 aromatic carbocycles. The van der Waals surface area contributed by atoms with Gasteiger partial charge in [0.05, 0.1) is 17.4 Å². The van der Waals surface area contributed by atoms with Crippen molar-refractivity contribution in [3.63, 3.8) is 0 Å². The molecule has 0 fully saturated rings. The molecule has 1 atom stereocenters. The van der Waals surface area contributed by atoms with Crippen LogP contribution < -0.4 is 9.62 Å². The van der Waals surface area contributed by atoms with Gasteiger partial charge in [0.15, 0.2) is 11.6 Å². The molecule has 39 heavy (non-hydrogen) atoms. The van der Waals surface area contributed by atoms with E-state index in [4.69, 9.17) is 23.2 Å². The molecule has 0 aliphatic rings. The van der Waals surface area contributed by atoms with Crippen molar-refractivity contribution in [2.75, 3.05) is 19.0 Å². The summed E-state index contributed by atoms with van der Waals surface area (Å²) in [6.45, 7) is -0.481. The summed E-state index contributed by atoms with van der Waals surface area (Å²) in [6, 6.07) is 13.4. The number of carboxylic acid groups (broad SMARTS) is 1. The summed E-state index contributed by atoms with van der Waals surface area (Å²) in [5, 5.41) is 22.6. The van der Waals surface area contributed by atoms with Crippen LogP contribution in [-0.2, 0) is 32.6 Å². The summed E-state index contributed by atoms with van der Waals surface area (Å²) < 4.78 is 30.4. The van der Waals surface area contributed by atoms with E-state index in [1.54, 1.807) is 42.5 Å². The molecule has 0 radical (unpaired) electrons. The van der Waals surface area contributed by atoms with Crippen molar-refractivity contribution in [1.82, 2.24) is 24.9 Å². The molecule has 14 heteroatoms. The Morgan fingerprint density at radius 1 is 1.03 bits per heavy atom. The molecule has 204 valence electrons. The summed E-state index contributed by atoms with van der Waals surface area (Å²) in [5.41, 5.74) is 1.34. The number of tetrazole rings is 1. The molecule has 0 saturated heterocycles. The van der Waals surface area contributed by atoms with Gasteiger partial charge in [-0.2, -0.15) is 4.72 Å². The van der Waals surface area contributed by atoms with Crippen molar-refractivity contribution in [1.29, 1.82) is 0 Å². The van der Waals surface area contributed by atoms with Gasteiger partial charge in [-0.1, -0.05) is 53.5 Å². The lowest BCUT2D eigenvalue weighted by Gasteiger charge is -2.19. The highest BCUT2D eigenvalue weighted by atomic mass is 35.5. The Balaban J connectivity index is 1.62. The van der Waals surface area contributed by atoms with Crippen LogP contribution in [0.5, 0.6) is 0 Å². The van der Waals surface area contributed by atoms with E-state index in [9.17, 15) is 23.1 Å². The Labute approximate surface area is 234 Å². The number of carbonyl (C=O) groups excluding carboxylic acids is 1. The lowest BCUT2D eigenvalue weighted by Crippen LogP contribution is -2.44. The number of fused-ring (bicyclic) bond motifs is 1. The number of carboxylic acids is 1. The van der Waals surface area contributed by atoms with E-state index in [1.807, 2.05) is 25.1 Å². The highest BCUT2D eigenvalue weighted by Gasteiger charge is 2.30. The Kier molecular flexibility index (Phi) is 8.50. The molecular weight excluding hydrogens is 567 g/mol. The van der Waals surface area contributed by atoms with Crippen LogP contribution in [0.2, 0.25) is 10.0 Å². The molecule has 0 bridgehead atoms. The Bertz CT molecular complexity index is 1640. The van der Waals surface area contributed by atoms with Gasteiger partial charge in [0.2, 0.25) is 10.0 Å². The second-order valence-electron chi connectivity index (χ2n) is 8.89. The van der Waals surface area contributed by atoms with E-state index in [1.165, 1.54) is 6.07 Å². The van der Waals surface area contributed by atoms with Gasteiger partial charge in [-0.3, -0.25) is 9.59 Å². The molecule has 0 aliphatic carbocycles. The first-order valence-electron chi connectivity index (χ1n) is 11.6. The van der Waals surface area contributed by atoms with E-state index in [0.717, 1.165) is 10.4 Å². The highest BCUT2D eigenvalue weighted by Crippen LogP contribution is 2.30. The van der Waals surface area contributed by atoms with Crippen molar-refractivity contribution < 1.29 is 23.1 Å². The van der Waals surface area contributed by atoms with Crippen LogP contribution in [0.1, 0.15) is 17.8 Å². The number of Topliss-reactive ketones (excluding diaryl/α,β-unsaturated/α-hetero) is 1. The van der Waals surface area contributed by atoms with Crippen LogP contribution >= 0.6 is 23.2 Å². The predicted octanol–water partition coefficient (Wildman–Crippen LogP) is 3.18. The third kappa shape index (κ3) is 6.36. The number of rotatable bonds is 11. The molecule has 4 rings (SSSR count). The van der Waals surface area contributed by atoms with Crippen LogP contribution in [0, 0.1) is 0 Å². The number of sulfonamides is 1. The van der Waals surface area contributed by atoms with Crippen LogP contribution in [-0.4, -0.2) is 65.6 Å². The third-order valence-corrected chi connectivity index (χ3v) is 8.24. The normalized spacial score (nSPS) is 12.4. The number of carbonyl (C=O) groups is 2. The summed E-state index contributed by atoms with van der Waals surface area (Å²) in [6.07, 6.45) is -0.683. The van der Waals surface area contributed by atoms with Crippen LogP contribution in [0.4, 0.5) is 5.69 Å². The average Bonchev–Trinajstić information content (AvgIpc) is 3.31. The van der Waals surface area contributed by atoms with Crippen molar-refractivity contribution in [2.24, 2.45) is 0 Å². The quantitative estimate of drug-likeness (QED) is 0.268. The summed E-state index contributed by atoms with van der Waals surface area (Å²) in [5.74, 6) is -1.86. The van der Waals surface area contributed by atoms with Gasteiger partial charge >= 0.3 is 5.97 Å². The molecular formula is C25H24Cl2N6O5S. The second-order valence-corrected chi connectivity index (χ2v) is 11.4. The molecule has 1 unspecified atom stereocenters. The highest BCUT2D eigenvalue weighted by molar-refractivity contribution is 7.89. The van der Waals surface area contributed by atoms with Gasteiger partial charge in [0, 0.05) is 47.0 Å². The maximum absolute atomic E-state index is 13.5. The Morgan fingerprint density at radius 3 is 2.33 bits per heavy atom. The fourth-order valence-electron chi connectivity index (χ4n) is 4.13. The number of benzene rings is 3. The maximum Gasteiger partial charge on any atom is 0.305 e.